The van der Waals surface area contributed by atoms with Crippen LogP contribution in [0.5, 0.6) is 0 Å². The van der Waals surface area contributed by atoms with Crippen LogP contribution in [0.25, 0.3) is 0 Å². The van der Waals surface area contributed by atoms with Crippen molar-refractivity contribution in [1.29, 1.82) is 0 Å². The van der Waals surface area contributed by atoms with Crippen LogP contribution in [0, 0.1) is 0 Å². The van der Waals surface area contributed by atoms with Gasteiger partial charge in [0.2, 0.25) is 12.0 Å². The maximum Gasteiger partial charge on any atom is 0.370 e. The van der Waals surface area contributed by atoms with Gasteiger partial charge in [-0.1, -0.05) is 52.3 Å². The fourth-order valence-corrected chi connectivity index (χ4v) is 3.05. The number of aliphatic carboxylic acids is 1. The summed E-state index contributed by atoms with van der Waals surface area (Å²) in [6.45, 7) is 0.296. The second kappa shape index (κ2) is 8.49. The van der Waals surface area contributed by atoms with Gasteiger partial charge in [0, 0.05) is 16.8 Å². The quantitative estimate of drug-likeness (QED) is 0.742. The van der Waals surface area contributed by atoms with Crippen molar-refractivity contribution < 1.29 is 24.5 Å². The zero-order valence-electron chi connectivity index (χ0n) is 14.0. The number of aliphatic hydroxyl groups excluding tert-OH is 1. The molecule has 6 heteroatoms. The Balaban J connectivity index is 1.70. The van der Waals surface area contributed by atoms with Gasteiger partial charge in [-0.2, -0.15) is 0 Å². The molecular formula is C20H19BrO5. The topological polar surface area (TPSA) is 76.0 Å². The van der Waals surface area contributed by atoms with E-state index in [1.807, 2.05) is 48.5 Å². The summed E-state index contributed by atoms with van der Waals surface area (Å²) in [4.78, 5) is 11.4. The summed E-state index contributed by atoms with van der Waals surface area (Å²) in [5.41, 5.74) is 2.77. The van der Waals surface area contributed by atoms with Gasteiger partial charge in [0.1, 0.15) is 0 Å². The first-order chi connectivity index (χ1) is 12.5. The molecule has 0 radical (unpaired) electrons. The van der Waals surface area contributed by atoms with Crippen molar-refractivity contribution >= 4 is 21.9 Å². The maximum atomic E-state index is 11.4. The van der Waals surface area contributed by atoms with E-state index < -0.39 is 12.3 Å². The number of carboxylic acids is 1. The SMILES string of the molecule is O=C(O)C1=C[C@@H](c2ccc(Br)cc2)C[C@@H](OCc2ccc(CO)cc2)O1. The van der Waals surface area contributed by atoms with Gasteiger partial charge >= 0.3 is 5.97 Å². The first-order valence-electron chi connectivity index (χ1n) is 8.22. The number of aliphatic hydroxyl groups is 1. The number of rotatable bonds is 6. The number of carbonyl (C=O) groups is 1. The molecule has 136 valence electrons. The predicted octanol–water partition coefficient (Wildman–Crippen LogP) is 3.96. The molecule has 0 unspecified atom stereocenters. The highest BCUT2D eigenvalue weighted by Crippen LogP contribution is 2.32. The normalized spacial score (nSPS) is 19.5. The summed E-state index contributed by atoms with van der Waals surface area (Å²) in [7, 11) is 0. The van der Waals surface area contributed by atoms with Gasteiger partial charge in [-0.05, 0) is 34.9 Å². The Kier molecular flexibility index (Phi) is 6.08. The van der Waals surface area contributed by atoms with Crippen LogP contribution < -0.4 is 0 Å². The fourth-order valence-electron chi connectivity index (χ4n) is 2.78. The lowest BCUT2D eigenvalue weighted by atomic mass is 9.93. The molecule has 26 heavy (non-hydrogen) atoms. The van der Waals surface area contributed by atoms with E-state index in [1.165, 1.54) is 0 Å². The van der Waals surface area contributed by atoms with Gasteiger partial charge in [0.25, 0.3) is 0 Å². The molecule has 0 amide bonds. The third kappa shape index (κ3) is 4.72. The highest BCUT2D eigenvalue weighted by Gasteiger charge is 2.28. The first-order valence-corrected chi connectivity index (χ1v) is 9.02. The van der Waals surface area contributed by atoms with Crippen molar-refractivity contribution in [2.45, 2.75) is 31.8 Å². The molecule has 1 aliphatic heterocycles. The lowest BCUT2D eigenvalue weighted by molar-refractivity contribution is -0.159. The number of carboxylic acid groups (broad SMARTS) is 1. The molecule has 0 saturated heterocycles. The number of hydrogen-bond donors (Lipinski definition) is 2. The van der Waals surface area contributed by atoms with Crippen LogP contribution in [0.4, 0.5) is 0 Å². The smallest absolute Gasteiger partial charge is 0.370 e. The number of allylic oxidation sites excluding steroid dienone is 1. The van der Waals surface area contributed by atoms with E-state index in [0.717, 1.165) is 21.2 Å². The van der Waals surface area contributed by atoms with Crippen LogP contribution in [0.2, 0.25) is 0 Å². The summed E-state index contributed by atoms with van der Waals surface area (Å²) >= 11 is 3.40. The van der Waals surface area contributed by atoms with E-state index in [4.69, 9.17) is 14.6 Å². The van der Waals surface area contributed by atoms with Crippen molar-refractivity contribution in [2.75, 3.05) is 0 Å². The van der Waals surface area contributed by atoms with Crippen molar-refractivity contribution in [3.05, 3.63) is 81.5 Å². The zero-order chi connectivity index (χ0) is 18.5. The Morgan fingerprint density at radius 3 is 2.38 bits per heavy atom. The van der Waals surface area contributed by atoms with Crippen molar-refractivity contribution in [2.24, 2.45) is 0 Å². The molecule has 3 rings (SSSR count). The van der Waals surface area contributed by atoms with Crippen LogP contribution >= 0.6 is 15.9 Å². The molecule has 0 saturated carbocycles. The minimum atomic E-state index is -1.10. The lowest BCUT2D eigenvalue weighted by Gasteiger charge is -2.28. The fraction of sp³-hybridized carbons (Fsp3) is 0.250. The molecule has 0 aliphatic carbocycles. The second-order valence-electron chi connectivity index (χ2n) is 6.06. The van der Waals surface area contributed by atoms with E-state index in [0.29, 0.717) is 13.0 Å². The van der Waals surface area contributed by atoms with Crippen LogP contribution in [0.1, 0.15) is 29.0 Å². The summed E-state index contributed by atoms with van der Waals surface area (Å²) < 4.78 is 12.2. The van der Waals surface area contributed by atoms with Crippen LogP contribution in [-0.2, 0) is 27.5 Å². The van der Waals surface area contributed by atoms with Gasteiger partial charge in [-0.15, -0.1) is 0 Å². The molecule has 2 atom stereocenters. The standard InChI is InChI=1S/C20H19BrO5/c21-17-7-5-15(6-8-17)16-9-18(20(23)24)26-19(10-16)25-12-14-3-1-13(11-22)2-4-14/h1-9,16,19,22H,10-12H2,(H,23,24)/t16-,19+/m1/s1. The predicted molar refractivity (Wildman–Crippen MR) is 99.2 cm³/mol. The number of halogens is 1. The molecule has 5 nitrogen and oxygen atoms in total. The van der Waals surface area contributed by atoms with Crippen LogP contribution in [-0.4, -0.2) is 22.5 Å². The Morgan fingerprint density at radius 1 is 1.12 bits per heavy atom. The van der Waals surface area contributed by atoms with Gasteiger partial charge in [0.15, 0.2) is 0 Å². The minimum absolute atomic E-state index is 0.00545. The molecule has 2 aromatic carbocycles. The molecule has 0 bridgehead atoms. The number of benzene rings is 2. The van der Waals surface area contributed by atoms with E-state index in [9.17, 15) is 9.90 Å². The minimum Gasteiger partial charge on any atom is -0.475 e. The molecule has 0 aromatic heterocycles. The summed E-state index contributed by atoms with van der Waals surface area (Å²) in [6, 6.07) is 15.2. The summed E-state index contributed by atoms with van der Waals surface area (Å²) in [6.07, 6.45) is 1.52. The lowest BCUT2D eigenvalue weighted by Crippen LogP contribution is -2.26. The Bertz CT molecular complexity index is 783. The van der Waals surface area contributed by atoms with Gasteiger partial charge in [-0.25, -0.2) is 4.79 Å². The molecule has 1 heterocycles. The van der Waals surface area contributed by atoms with Gasteiger partial charge in [0.05, 0.1) is 13.2 Å². The monoisotopic (exact) mass is 418 g/mol. The average molecular weight is 419 g/mol. The first kappa shape index (κ1) is 18.6. The van der Waals surface area contributed by atoms with E-state index in [-0.39, 0.29) is 18.3 Å². The molecule has 0 spiro atoms. The third-order valence-corrected chi connectivity index (χ3v) is 4.74. The summed E-state index contributed by atoms with van der Waals surface area (Å²) in [5, 5.41) is 18.4. The van der Waals surface area contributed by atoms with Crippen molar-refractivity contribution in [3.63, 3.8) is 0 Å². The highest BCUT2D eigenvalue weighted by atomic mass is 79.9. The van der Waals surface area contributed by atoms with Crippen LogP contribution in [0.3, 0.4) is 0 Å². The second-order valence-corrected chi connectivity index (χ2v) is 6.98. The van der Waals surface area contributed by atoms with Gasteiger partial charge in [-0.3, -0.25) is 0 Å². The van der Waals surface area contributed by atoms with E-state index in [2.05, 4.69) is 15.9 Å². The number of ether oxygens (including phenoxy) is 2. The molecule has 1 aliphatic rings. The summed E-state index contributed by atoms with van der Waals surface area (Å²) in [5.74, 6) is -1.29. The highest BCUT2D eigenvalue weighted by molar-refractivity contribution is 9.10. The average Bonchev–Trinajstić information content (AvgIpc) is 2.67. The van der Waals surface area contributed by atoms with Crippen molar-refractivity contribution in [1.82, 2.24) is 0 Å². The Labute approximate surface area is 160 Å². The molecular weight excluding hydrogens is 400 g/mol. The third-order valence-electron chi connectivity index (χ3n) is 4.21. The van der Waals surface area contributed by atoms with E-state index in [1.54, 1.807) is 6.08 Å². The largest absolute Gasteiger partial charge is 0.475 e. The Hall–Kier alpha value is -2.15. The van der Waals surface area contributed by atoms with Crippen molar-refractivity contribution in [3.8, 4) is 0 Å². The molecule has 0 fully saturated rings. The number of hydrogen-bond acceptors (Lipinski definition) is 4. The Morgan fingerprint density at radius 2 is 1.77 bits per heavy atom. The zero-order valence-corrected chi connectivity index (χ0v) is 15.6. The van der Waals surface area contributed by atoms with E-state index >= 15 is 0 Å². The molecule has 2 N–H and O–H groups in total. The molecule has 2 aromatic rings. The van der Waals surface area contributed by atoms with Crippen LogP contribution in [0.15, 0.2) is 64.8 Å². The van der Waals surface area contributed by atoms with Gasteiger partial charge < -0.3 is 19.7 Å². The maximum absolute atomic E-state index is 11.4.